The summed E-state index contributed by atoms with van der Waals surface area (Å²) in [5.74, 6) is -0.445. The highest BCUT2D eigenvalue weighted by molar-refractivity contribution is 5.94. The van der Waals surface area contributed by atoms with Crippen LogP contribution in [0.2, 0.25) is 0 Å². The summed E-state index contributed by atoms with van der Waals surface area (Å²) in [7, 11) is 0. The summed E-state index contributed by atoms with van der Waals surface area (Å²) in [6.07, 6.45) is 0. The second-order valence-corrected chi connectivity index (χ2v) is 6.04. The zero-order chi connectivity index (χ0) is 16.6. The summed E-state index contributed by atoms with van der Waals surface area (Å²) >= 11 is 0. The molecule has 0 radical (unpaired) electrons. The number of carbonyl (C=O) groups excluding carboxylic acids is 2. The van der Waals surface area contributed by atoms with Gasteiger partial charge in [-0.1, -0.05) is 32.9 Å². The molecule has 5 heteroatoms. The number of amides is 1. The van der Waals surface area contributed by atoms with Gasteiger partial charge in [0.2, 0.25) is 0 Å². The van der Waals surface area contributed by atoms with Gasteiger partial charge in [0.1, 0.15) is 6.61 Å². The lowest BCUT2D eigenvalue weighted by Crippen LogP contribution is -2.27. The first kappa shape index (κ1) is 18.2. The molecule has 1 aromatic carbocycles. The minimum Gasteiger partial charge on any atom is -0.463 e. The van der Waals surface area contributed by atoms with Crippen LogP contribution in [0.3, 0.4) is 0 Å². The third kappa shape index (κ3) is 6.72. The van der Waals surface area contributed by atoms with Gasteiger partial charge in [-0.05, 0) is 23.1 Å². The Balaban J connectivity index is 2.27. The fraction of sp³-hybridized carbons (Fsp3) is 0.529. The van der Waals surface area contributed by atoms with E-state index in [9.17, 15) is 9.59 Å². The number of hydrogen-bond donors (Lipinski definition) is 1. The maximum atomic E-state index is 11.9. The van der Waals surface area contributed by atoms with Crippen molar-refractivity contribution in [3.8, 4) is 0 Å². The molecule has 122 valence electrons. The molecule has 22 heavy (non-hydrogen) atoms. The number of benzene rings is 1. The van der Waals surface area contributed by atoms with E-state index in [2.05, 4.69) is 26.1 Å². The molecule has 0 saturated heterocycles. The molecule has 0 aromatic heterocycles. The maximum Gasteiger partial charge on any atom is 0.302 e. The highest BCUT2D eigenvalue weighted by atomic mass is 16.6. The van der Waals surface area contributed by atoms with Gasteiger partial charge in [-0.15, -0.1) is 0 Å². The molecule has 0 unspecified atom stereocenters. The second-order valence-electron chi connectivity index (χ2n) is 6.04. The molecule has 0 bridgehead atoms. The minimum absolute atomic E-state index is 0.0742. The lowest BCUT2D eigenvalue weighted by atomic mass is 9.87. The molecule has 0 aliphatic heterocycles. The van der Waals surface area contributed by atoms with Crippen LogP contribution in [0.4, 0.5) is 0 Å². The summed E-state index contributed by atoms with van der Waals surface area (Å²) in [5.41, 5.74) is 1.90. The van der Waals surface area contributed by atoms with Crippen molar-refractivity contribution in [1.82, 2.24) is 5.32 Å². The average molecular weight is 307 g/mol. The van der Waals surface area contributed by atoms with E-state index in [0.717, 1.165) is 0 Å². The Morgan fingerprint density at radius 3 is 2.23 bits per heavy atom. The molecule has 5 nitrogen and oxygen atoms in total. The van der Waals surface area contributed by atoms with Crippen molar-refractivity contribution in [2.24, 2.45) is 0 Å². The Hall–Kier alpha value is -1.88. The maximum absolute atomic E-state index is 11.9. The van der Waals surface area contributed by atoms with Crippen LogP contribution in [-0.4, -0.2) is 38.2 Å². The van der Waals surface area contributed by atoms with E-state index < -0.39 is 0 Å². The summed E-state index contributed by atoms with van der Waals surface area (Å²) in [6.45, 7) is 9.12. The monoisotopic (exact) mass is 307 g/mol. The zero-order valence-corrected chi connectivity index (χ0v) is 13.8. The van der Waals surface area contributed by atoms with Gasteiger partial charge in [-0.2, -0.15) is 0 Å². The summed E-state index contributed by atoms with van der Waals surface area (Å²) in [5, 5.41) is 2.79. The van der Waals surface area contributed by atoms with Gasteiger partial charge in [-0.25, -0.2) is 0 Å². The van der Waals surface area contributed by atoms with Crippen molar-refractivity contribution in [1.29, 1.82) is 0 Å². The van der Waals surface area contributed by atoms with Crippen molar-refractivity contribution in [3.63, 3.8) is 0 Å². The van der Waals surface area contributed by atoms with Gasteiger partial charge in [0.25, 0.3) is 5.91 Å². The van der Waals surface area contributed by atoms with E-state index >= 15 is 0 Å². The van der Waals surface area contributed by atoms with Crippen LogP contribution in [0.25, 0.3) is 0 Å². The van der Waals surface area contributed by atoms with E-state index in [1.54, 1.807) is 0 Å². The van der Waals surface area contributed by atoms with Gasteiger partial charge in [0, 0.05) is 19.0 Å². The van der Waals surface area contributed by atoms with Crippen molar-refractivity contribution >= 4 is 11.9 Å². The van der Waals surface area contributed by atoms with Crippen LogP contribution in [0.1, 0.15) is 43.6 Å². The molecule has 0 saturated carbocycles. The molecule has 0 heterocycles. The van der Waals surface area contributed by atoms with E-state index in [-0.39, 0.29) is 23.9 Å². The lowest BCUT2D eigenvalue weighted by Gasteiger charge is -2.19. The highest BCUT2D eigenvalue weighted by Gasteiger charge is 2.14. The predicted octanol–water partition coefficient (Wildman–Crippen LogP) is 2.29. The van der Waals surface area contributed by atoms with Gasteiger partial charge >= 0.3 is 5.97 Å². The smallest absolute Gasteiger partial charge is 0.302 e. The van der Waals surface area contributed by atoms with Crippen molar-refractivity contribution < 1.29 is 19.1 Å². The van der Waals surface area contributed by atoms with Crippen molar-refractivity contribution in [2.45, 2.75) is 33.1 Å². The minimum atomic E-state index is -0.324. The second kappa shape index (κ2) is 8.54. The molecule has 0 spiro atoms. The molecule has 0 atom stereocenters. The molecular weight excluding hydrogens is 282 g/mol. The fourth-order valence-corrected chi connectivity index (χ4v) is 1.81. The van der Waals surface area contributed by atoms with E-state index in [1.165, 1.54) is 12.5 Å². The number of ether oxygens (including phenoxy) is 2. The molecule has 1 aromatic rings. The predicted molar refractivity (Wildman–Crippen MR) is 84.9 cm³/mol. The quantitative estimate of drug-likeness (QED) is 0.620. The number of esters is 1. The fourth-order valence-electron chi connectivity index (χ4n) is 1.81. The van der Waals surface area contributed by atoms with Crippen LogP contribution in [0.15, 0.2) is 24.3 Å². The summed E-state index contributed by atoms with van der Waals surface area (Å²) < 4.78 is 9.97. The summed E-state index contributed by atoms with van der Waals surface area (Å²) in [6, 6.07) is 7.62. The molecule has 0 aliphatic carbocycles. The van der Waals surface area contributed by atoms with Crippen LogP contribution in [-0.2, 0) is 19.7 Å². The molecule has 0 aliphatic rings. The average Bonchev–Trinajstić information content (AvgIpc) is 2.45. The Kier molecular flexibility index (Phi) is 7.05. The van der Waals surface area contributed by atoms with Gasteiger partial charge in [0.15, 0.2) is 0 Å². The van der Waals surface area contributed by atoms with Gasteiger partial charge in [0.05, 0.1) is 13.2 Å². The van der Waals surface area contributed by atoms with E-state index in [1.807, 2.05) is 24.3 Å². The first-order valence-electron chi connectivity index (χ1n) is 7.40. The summed E-state index contributed by atoms with van der Waals surface area (Å²) in [4.78, 5) is 22.5. The third-order valence-corrected chi connectivity index (χ3v) is 3.08. The van der Waals surface area contributed by atoms with Gasteiger partial charge < -0.3 is 14.8 Å². The Bertz CT molecular complexity index is 488. The molecule has 1 rings (SSSR count). The van der Waals surface area contributed by atoms with Crippen LogP contribution < -0.4 is 5.32 Å². The van der Waals surface area contributed by atoms with Crippen LogP contribution in [0, 0.1) is 0 Å². The van der Waals surface area contributed by atoms with Crippen molar-refractivity contribution in [3.05, 3.63) is 35.4 Å². The largest absolute Gasteiger partial charge is 0.463 e. The number of carbonyl (C=O) groups is 2. The normalized spacial score (nSPS) is 11.1. The SMILES string of the molecule is CC(=O)OCCOCCNC(=O)c1ccc(C(C)(C)C)cc1. The first-order valence-corrected chi connectivity index (χ1v) is 7.40. The number of hydrogen-bond acceptors (Lipinski definition) is 4. The Labute approximate surface area is 132 Å². The van der Waals surface area contributed by atoms with E-state index in [0.29, 0.717) is 25.3 Å². The molecule has 0 fully saturated rings. The number of rotatable bonds is 7. The number of nitrogens with one attached hydrogen (secondary N) is 1. The zero-order valence-electron chi connectivity index (χ0n) is 13.8. The highest BCUT2D eigenvalue weighted by Crippen LogP contribution is 2.22. The Morgan fingerprint density at radius 1 is 1.05 bits per heavy atom. The van der Waals surface area contributed by atoms with Crippen LogP contribution >= 0.6 is 0 Å². The van der Waals surface area contributed by atoms with E-state index in [4.69, 9.17) is 9.47 Å². The lowest BCUT2D eigenvalue weighted by molar-refractivity contribution is -0.142. The molecular formula is C17H25NO4. The van der Waals surface area contributed by atoms with Crippen LogP contribution in [0.5, 0.6) is 0 Å². The molecule has 1 N–H and O–H groups in total. The molecule has 1 amide bonds. The standard InChI is InChI=1S/C17H25NO4/c1-13(19)22-12-11-21-10-9-18-16(20)14-5-7-15(8-6-14)17(2,3)4/h5-8H,9-12H2,1-4H3,(H,18,20). The topological polar surface area (TPSA) is 64.6 Å². The first-order chi connectivity index (χ1) is 10.3. The third-order valence-electron chi connectivity index (χ3n) is 3.08. The van der Waals surface area contributed by atoms with Crippen molar-refractivity contribution in [2.75, 3.05) is 26.4 Å². The Morgan fingerprint density at radius 2 is 1.68 bits per heavy atom. The van der Waals surface area contributed by atoms with Gasteiger partial charge in [-0.3, -0.25) is 9.59 Å².